The molecule has 1 aliphatic carbocycles. The molecule has 9 heteroatoms. The van der Waals surface area contributed by atoms with E-state index in [4.69, 9.17) is 25.8 Å². The van der Waals surface area contributed by atoms with Crippen molar-refractivity contribution in [2.24, 2.45) is 5.92 Å². The zero-order valence-corrected chi connectivity index (χ0v) is 14.8. The second-order valence-corrected chi connectivity index (χ2v) is 6.64. The molecule has 2 aliphatic rings. The lowest BCUT2D eigenvalue weighted by molar-refractivity contribution is -0.142. The van der Waals surface area contributed by atoms with Crippen LogP contribution in [-0.4, -0.2) is 54.5 Å². The van der Waals surface area contributed by atoms with Crippen molar-refractivity contribution >= 4 is 23.4 Å². The maximum Gasteiger partial charge on any atom is 0.311 e. The number of hydrogen-bond acceptors (Lipinski definition) is 7. The molecular formula is C16H22ClN3O5. The minimum atomic E-state index is -0.454. The van der Waals surface area contributed by atoms with Crippen LogP contribution in [-0.2, 0) is 25.4 Å². The predicted molar refractivity (Wildman–Crippen MR) is 90.9 cm³/mol. The van der Waals surface area contributed by atoms with Gasteiger partial charge in [-0.1, -0.05) is 11.6 Å². The van der Waals surface area contributed by atoms with Gasteiger partial charge in [-0.25, -0.2) is 4.98 Å². The van der Waals surface area contributed by atoms with E-state index >= 15 is 0 Å². The lowest BCUT2D eigenvalue weighted by Gasteiger charge is -2.20. The summed E-state index contributed by atoms with van der Waals surface area (Å²) in [6.07, 6.45) is 2.18. The Morgan fingerprint density at radius 3 is 2.96 bits per heavy atom. The maximum absolute atomic E-state index is 12.1. The van der Waals surface area contributed by atoms with Crippen molar-refractivity contribution in [3.63, 3.8) is 0 Å². The van der Waals surface area contributed by atoms with Crippen LogP contribution < -0.4 is 10.9 Å². The van der Waals surface area contributed by atoms with Gasteiger partial charge in [0.15, 0.2) is 5.82 Å². The number of H-pyrrole nitrogens is 1. The van der Waals surface area contributed by atoms with Crippen molar-refractivity contribution in [1.82, 2.24) is 9.97 Å². The fraction of sp³-hybridized carbons (Fsp3) is 0.688. The summed E-state index contributed by atoms with van der Waals surface area (Å²) in [6.45, 7) is 3.60. The monoisotopic (exact) mass is 371 g/mol. The molecular weight excluding hydrogens is 350 g/mol. The average molecular weight is 372 g/mol. The summed E-state index contributed by atoms with van der Waals surface area (Å²) in [5.74, 6) is 0.290. The van der Waals surface area contributed by atoms with Gasteiger partial charge in [0, 0.05) is 6.61 Å². The van der Waals surface area contributed by atoms with Crippen molar-refractivity contribution < 1.29 is 19.0 Å². The summed E-state index contributed by atoms with van der Waals surface area (Å²) in [5, 5.41) is 3.10. The van der Waals surface area contributed by atoms with Gasteiger partial charge in [0.25, 0.3) is 5.56 Å². The van der Waals surface area contributed by atoms with Crippen LogP contribution in [0.5, 0.6) is 0 Å². The third-order valence-corrected chi connectivity index (χ3v) is 4.46. The summed E-state index contributed by atoms with van der Waals surface area (Å²) in [4.78, 5) is 30.5. The van der Waals surface area contributed by atoms with Crippen molar-refractivity contribution in [3.8, 4) is 0 Å². The van der Waals surface area contributed by atoms with Crippen LogP contribution in [0, 0.1) is 5.92 Å². The number of carbonyl (C=O) groups excluding carboxylic acids is 1. The fourth-order valence-corrected chi connectivity index (χ4v) is 2.78. The SMILES string of the molecule is CCOC(=O)Cc1nc(N[C@H]2COC[C@@H]2OCC2CC2)c(=O)[nH]c1Cl. The third kappa shape index (κ3) is 4.93. The van der Waals surface area contributed by atoms with Gasteiger partial charge in [-0.05, 0) is 25.7 Å². The van der Waals surface area contributed by atoms with Gasteiger partial charge in [-0.2, -0.15) is 0 Å². The summed E-state index contributed by atoms with van der Waals surface area (Å²) >= 11 is 5.98. The molecule has 2 fully saturated rings. The Bertz CT molecular complexity index is 676. The Balaban J connectivity index is 1.67. The molecule has 8 nitrogen and oxygen atoms in total. The van der Waals surface area contributed by atoms with Crippen LogP contribution in [0.1, 0.15) is 25.5 Å². The largest absolute Gasteiger partial charge is 0.466 e. The van der Waals surface area contributed by atoms with Gasteiger partial charge in [0.2, 0.25) is 0 Å². The van der Waals surface area contributed by atoms with E-state index in [0.717, 1.165) is 0 Å². The second-order valence-electron chi connectivity index (χ2n) is 6.26. The van der Waals surface area contributed by atoms with Crippen molar-refractivity contribution in [2.45, 2.75) is 38.3 Å². The first-order chi connectivity index (χ1) is 12.1. The average Bonchev–Trinajstić information content (AvgIpc) is 3.29. The number of rotatable bonds is 8. The third-order valence-electron chi connectivity index (χ3n) is 4.15. The van der Waals surface area contributed by atoms with Crippen molar-refractivity contribution in [2.75, 3.05) is 31.7 Å². The molecule has 0 amide bonds. The van der Waals surface area contributed by atoms with Gasteiger partial charge in [-0.15, -0.1) is 0 Å². The van der Waals surface area contributed by atoms with E-state index in [2.05, 4.69) is 15.3 Å². The van der Waals surface area contributed by atoms with Crippen molar-refractivity contribution in [1.29, 1.82) is 0 Å². The highest BCUT2D eigenvalue weighted by molar-refractivity contribution is 6.30. The lowest BCUT2D eigenvalue weighted by Crippen LogP contribution is -2.37. The number of aromatic amines is 1. The van der Waals surface area contributed by atoms with Crippen LogP contribution in [0.4, 0.5) is 5.82 Å². The van der Waals surface area contributed by atoms with Gasteiger partial charge < -0.3 is 24.5 Å². The molecule has 0 radical (unpaired) electrons. The molecule has 3 rings (SSSR count). The Morgan fingerprint density at radius 2 is 2.24 bits per heavy atom. The molecule has 1 aromatic heterocycles. The summed E-state index contributed by atoms with van der Waals surface area (Å²) in [6, 6.07) is -0.177. The minimum Gasteiger partial charge on any atom is -0.466 e. The fourth-order valence-electron chi connectivity index (χ4n) is 2.58. The molecule has 0 spiro atoms. The first kappa shape index (κ1) is 18.2. The van der Waals surface area contributed by atoms with Crippen molar-refractivity contribution in [3.05, 3.63) is 21.2 Å². The molecule has 138 valence electrons. The molecule has 1 aliphatic heterocycles. The highest BCUT2D eigenvalue weighted by Gasteiger charge is 2.32. The number of carbonyl (C=O) groups is 1. The standard InChI is InChI=1S/C16H22ClN3O5/c1-2-24-13(21)5-10-14(17)20-16(22)15(18-10)19-11-7-23-8-12(11)25-6-9-3-4-9/h9,11-12H,2-8H2,1H3,(H,18,19)(H,20,22)/t11-,12-/m0/s1. The number of nitrogens with zero attached hydrogens (tertiary/aromatic N) is 1. The van der Waals surface area contributed by atoms with Crippen LogP contribution in [0.25, 0.3) is 0 Å². The van der Waals surface area contributed by atoms with E-state index in [9.17, 15) is 9.59 Å². The van der Waals surface area contributed by atoms with E-state index in [1.54, 1.807) is 6.92 Å². The molecule has 25 heavy (non-hydrogen) atoms. The van der Waals surface area contributed by atoms with Crippen LogP contribution in [0.15, 0.2) is 4.79 Å². The first-order valence-electron chi connectivity index (χ1n) is 8.47. The highest BCUT2D eigenvalue weighted by atomic mass is 35.5. The molecule has 1 saturated heterocycles. The molecule has 1 saturated carbocycles. The number of ether oxygens (including phenoxy) is 3. The van der Waals surface area contributed by atoms with E-state index in [-0.39, 0.29) is 41.8 Å². The normalized spacial score (nSPS) is 22.8. The molecule has 2 N–H and O–H groups in total. The molecule has 0 bridgehead atoms. The Labute approximate surface area is 150 Å². The molecule has 0 unspecified atom stereocenters. The number of anilines is 1. The number of esters is 1. The first-order valence-corrected chi connectivity index (χ1v) is 8.84. The maximum atomic E-state index is 12.1. The zero-order chi connectivity index (χ0) is 17.8. The van der Waals surface area contributed by atoms with E-state index in [0.29, 0.717) is 25.7 Å². The van der Waals surface area contributed by atoms with Crippen LogP contribution >= 0.6 is 11.6 Å². The summed E-state index contributed by atoms with van der Waals surface area (Å²) < 4.78 is 16.2. The smallest absolute Gasteiger partial charge is 0.311 e. The van der Waals surface area contributed by atoms with Gasteiger partial charge in [-0.3, -0.25) is 9.59 Å². The van der Waals surface area contributed by atoms with Crippen LogP contribution in [0.3, 0.4) is 0 Å². The molecule has 2 heterocycles. The van der Waals surface area contributed by atoms with E-state index in [1.165, 1.54) is 12.8 Å². The minimum absolute atomic E-state index is 0.0350. The molecule has 1 aromatic rings. The molecule has 0 aromatic carbocycles. The zero-order valence-electron chi connectivity index (χ0n) is 14.0. The summed E-state index contributed by atoms with van der Waals surface area (Å²) in [5.41, 5.74) is -0.193. The number of halogens is 1. The number of hydrogen-bond donors (Lipinski definition) is 2. The number of aromatic nitrogens is 2. The Hall–Kier alpha value is -1.64. The van der Waals surface area contributed by atoms with Gasteiger partial charge in [0.05, 0.1) is 38.0 Å². The van der Waals surface area contributed by atoms with E-state index in [1.807, 2.05) is 0 Å². The van der Waals surface area contributed by atoms with Gasteiger partial charge in [0.1, 0.15) is 11.3 Å². The van der Waals surface area contributed by atoms with E-state index < -0.39 is 11.5 Å². The highest BCUT2D eigenvalue weighted by Crippen LogP contribution is 2.30. The Morgan fingerprint density at radius 1 is 1.44 bits per heavy atom. The predicted octanol–water partition coefficient (Wildman–Crippen LogP) is 1.13. The topological polar surface area (TPSA) is 103 Å². The molecule has 2 atom stereocenters. The lowest BCUT2D eigenvalue weighted by atomic mass is 10.2. The second kappa shape index (κ2) is 8.16. The Kier molecular flexibility index (Phi) is 5.93. The number of nitrogens with one attached hydrogen (secondary N) is 2. The summed E-state index contributed by atoms with van der Waals surface area (Å²) in [7, 11) is 0. The quantitative estimate of drug-likeness (QED) is 0.660. The van der Waals surface area contributed by atoms with Gasteiger partial charge >= 0.3 is 5.97 Å². The van der Waals surface area contributed by atoms with Crippen LogP contribution in [0.2, 0.25) is 5.15 Å².